The maximum Gasteiger partial charge on any atom is 0.234 e. The van der Waals surface area contributed by atoms with Gasteiger partial charge in [-0.25, -0.2) is 0 Å². The van der Waals surface area contributed by atoms with E-state index in [9.17, 15) is 4.79 Å². The van der Waals surface area contributed by atoms with Crippen molar-refractivity contribution in [2.24, 2.45) is 0 Å². The fourth-order valence-corrected chi connectivity index (χ4v) is 0.944. The Kier molecular flexibility index (Phi) is 2.06. The van der Waals surface area contributed by atoms with Gasteiger partial charge < -0.3 is 0 Å². The van der Waals surface area contributed by atoms with Crippen LogP contribution >= 0.6 is 12.6 Å². The van der Waals surface area contributed by atoms with Crippen molar-refractivity contribution in [2.45, 2.75) is 6.92 Å². The molecule has 1 rings (SSSR count). The molecule has 0 radical (unpaired) electrons. The quantitative estimate of drug-likeness (QED) is 0.619. The molecule has 0 atom stereocenters. The molecule has 52 valence electrons. The van der Waals surface area contributed by atoms with Crippen LogP contribution in [0.4, 0.5) is 0 Å². The first kappa shape index (κ1) is 7.28. The molecule has 0 fully saturated rings. The molecule has 0 N–H and O–H groups in total. The topological polar surface area (TPSA) is 30.0 Å². The Labute approximate surface area is 64.7 Å². The summed E-state index contributed by atoms with van der Waals surface area (Å²) < 4.78 is 0. The minimum atomic E-state index is -0.280. The number of rotatable bonds is 1. The van der Waals surface area contributed by atoms with Gasteiger partial charge in [0, 0.05) is 6.20 Å². The molecule has 0 saturated carbocycles. The molecule has 0 amide bonds. The summed E-state index contributed by atoms with van der Waals surface area (Å²) >= 11 is 3.66. The van der Waals surface area contributed by atoms with Gasteiger partial charge in [0.2, 0.25) is 5.12 Å². The third-order valence-electron chi connectivity index (χ3n) is 1.21. The van der Waals surface area contributed by atoms with Crippen molar-refractivity contribution in [1.82, 2.24) is 4.98 Å². The lowest BCUT2D eigenvalue weighted by Gasteiger charge is -1.95. The Morgan fingerprint density at radius 3 is 2.80 bits per heavy atom. The van der Waals surface area contributed by atoms with E-state index in [-0.39, 0.29) is 5.12 Å². The number of hydrogen-bond acceptors (Lipinski definition) is 2. The van der Waals surface area contributed by atoms with Crippen molar-refractivity contribution < 1.29 is 4.79 Å². The molecule has 1 heterocycles. The second kappa shape index (κ2) is 2.84. The summed E-state index contributed by atoms with van der Waals surface area (Å²) in [6.07, 6.45) is 1.58. The fraction of sp³-hybridized carbons (Fsp3) is 0.143. The highest BCUT2D eigenvalue weighted by atomic mass is 32.1. The first-order valence-electron chi connectivity index (χ1n) is 2.86. The number of thiol groups is 1. The molecule has 3 heteroatoms. The first-order chi connectivity index (χ1) is 4.72. The summed E-state index contributed by atoms with van der Waals surface area (Å²) in [5.74, 6) is 0. The largest absolute Gasteiger partial charge is 0.280 e. The van der Waals surface area contributed by atoms with E-state index >= 15 is 0 Å². The zero-order valence-electron chi connectivity index (χ0n) is 5.53. The lowest BCUT2D eigenvalue weighted by atomic mass is 10.2. The van der Waals surface area contributed by atoms with Gasteiger partial charge in [-0.1, -0.05) is 18.7 Å². The van der Waals surface area contributed by atoms with Gasteiger partial charge in [0.15, 0.2) is 0 Å². The number of hydrogen-bond donors (Lipinski definition) is 1. The SMILES string of the molecule is Cc1cccnc1C(=O)S. The lowest BCUT2D eigenvalue weighted by molar-refractivity contribution is 0.108. The van der Waals surface area contributed by atoms with Crippen molar-refractivity contribution in [3.8, 4) is 0 Å². The van der Waals surface area contributed by atoms with Crippen molar-refractivity contribution in [2.75, 3.05) is 0 Å². The van der Waals surface area contributed by atoms with Crippen LogP contribution in [0.25, 0.3) is 0 Å². The van der Waals surface area contributed by atoms with Gasteiger partial charge in [-0.2, -0.15) is 0 Å². The van der Waals surface area contributed by atoms with E-state index in [1.807, 2.05) is 13.0 Å². The predicted octanol–water partition coefficient (Wildman–Crippen LogP) is 1.46. The molecule has 0 aliphatic carbocycles. The molecule has 0 aliphatic heterocycles. The number of pyridine rings is 1. The average molecular weight is 153 g/mol. The lowest BCUT2D eigenvalue weighted by Crippen LogP contribution is -1.95. The van der Waals surface area contributed by atoms with Crippen LogP contribution in [0.3, 0.4) is 0 Å². The van der Waals surface area contributed by atoms with Gasteiger partial charge >= 0.3 is 0 Å². The standard InChI is InChI=1S/C7H7NOS/c1-5-3-2-4-8-6(5)7(9)10/h2-4H,1H3,(H,9,10). The Morgan fingerprint density at radius 2 is 2.40 bits per heavy atom. The van der Waals surface area contributed by atoms with Crippen LogP contribution in [0.2, 0.25) is 0 Å². The molecule has 10 heavy (non-hydrogen) atoms. The minimum absolute atomic E-state index is 0.280. The average Bonchev–Trinajstić information content (AvgIpc) is 1.88. The van der Waals surface area contributed by atoms with Crippen molar-refractivity contribution in [3.05, 3.63) is 29.6 Å². The predicted molar refractivity (Wildman–Crippen MR) is 42.3 cm³/mol. The molecule has 0 saturated heterocycles. The summed E-state index contributed by atoms with van der Waals surface area (Å²) in [5.41, 5.74) is 1.30. The second-order valence-corrected chi connectivity index (χ2v) is 2.38. The molecule has 0 spiro atoms. The van der Waals surface area contributed by atoms with Crippen molar-refractivity contribution in [3.63, 3.8) is 0 Å². The summed E-state index contributed by atoms with van der Waals surface area (Å²) in [4.78, 5) is 14.5. The van der Waals surface area contributed by atoms with Gasteiger partial charge in [0.05, 0.1) is 0 Å². The van der Waals surface area contributed by atoms with Crippen LogP contribution in [0, 0.1) is 6.92 Å². The minimum Gasteiger partial charge on any atom is -0.280 e. The Balaban J connectivity index is 3.15. The van der Waals surface area contributed by atoms with Crippen molar-refractivity contribution in [1.29, 1.82) is 0 Å². The zero-order valence-corrected chi connectivity index (χ0v) is 6.43. The summed E-state index contributed by atoms with van der Waals surface area (Å²) in [6.45, 7) is 1.83. The maximum atomic E-state index is 10.7. The van der Waals surface area contributed by atoms with E-state index in [1.54, 1.807) is 12.3 Å². The number of nitrogens with zero attached hydrogens (tertiary/aromatic N) is 1. The van der Waals surface area contributed by atoms with Gasteiger partial charge in [-0.15, -0.1) is 0 Å². The monoisotopic (exact) mass is 153 g/mol. The van der Waals surface area contributed by atoms with E-state index in [0.29, 0.717) is 5.69 Å². The van der Waals surface area contributed by atoms with E-state index in [2.05, 4.69) is 17.6 Å². The first-order valence-corrected chi connectivity index (χ1v) is 3.31. The van der Waals surface area contributed by atoms with E-state index in [1.165, 1.54) is 0 Å². The highest BCUT2D eigenvalue weighted by Crippen LogP contribution is 2.04. The Hall–Kier alpha value is -0.830. The van der Waals surface area contributed by atoms with E-state index < -0.39 is 0 Å². The number of carbonyl (C=O) groups excluding carboxylic acids is 1. The van der Waals surface area contributed by atoms with Gasteiger partial charge in [0.25, 0.3) is 0 Å². The molecule has 1 aromatic rings. The molecule has 2 nitrogen and oxygen atoms in total. The van der Waals surface area contributed by atoms with Crippen LogP contribution in [0.15, 0.2) is 18.3 Å². The third-order valence-corrected chi connectivity index (χ3v) is 1.42. The van der Waals surface area contributed by atoms with Gasteiger partial charge in [0.1, 0.15) is 5.69 Å². The Bertz CT molecular complexity index is 260. The molecule has 0 aliphatic rings. The number of carbonyl (C=O) groups is 1. The molecular formula is C7H7NOS. The van der Waals surface area contributed by atoms with Crippen LogP contribution in [-0.4, -0.2) is 10.1 Å². The highest BCUT2D eigenvalue weighted by molar-refractivity contribution is 7.97. The maximum absolute atomic E-state index is 10.7. The highest BCUT2D eigenvalue weighted by Gasteiger charge is 2.02. The van der Waals surface area contributed by atoms with Crippen LogP contribution in [0.1, 0.15) is 16.1 Å². The molecule has 0 aromatic carbocycles. The van der Waals surface area contributed by atoms with Crippen LogP contribution in [0.5, 0.6) is 0 Å². The molecular weight excluding hydrogens is 146 g/mol. The van der Waals surface area contributed by atoms with E-state index in [4.69, 9.17) is 0 Å². The summed E-state index contributed by atoms with van der Waals surface area (Å²) in [5, 5.41) is -0.280. The van der Waals surface area contributed by atoms with Crippen LogP contribution in [-0.2, 0) is 0 Å². The summed E-state index contributed by atoms with van der Waals surface area (Å²) in [7, 11) is 0. The van der Waals surface area contributed by atoms with Crippen LogP contribution < -0.4 is 0 Å². The fourth-order valence-electron chi connectivity index (χ4n) is 0.710. The van der Waals surface area contributed by atoms with Crippen molar-refractivity contribution >= 4 is 17.7 Å². The third kappa shape index (κ3) is 1.36. The smallest absolute Gasteiger partial charge is 0.234 e. The molecule has 1 aromatic heterocycles. The second-order valence-electron chi connectivity index (χ2n) is 1.97. The van der Waals surface area contributed by atoms with E-state index in [0.717, 1.165) is 5.56 Å². The Morgan fingerprint density at radius 1 is 1.70 bits per heavy atom. The zero-order chi connectivity index (χ0) is 7.56. The summed E-state index contributed by atoms with van der Waals surface area (Å²) in [6, 6.07) is 3.62. The number of aryl methyl sites for hydroxylation is 1. The van der Waals surface area contributed by atoms with Gasteiger partial charge in [-0.3, -0.25) is 9.78 Å². The molecule has 0 unspecified atom stereocenters. The van der Waals surface area contributed by atoms with Gasteiger partial charge in [-0.05, 0) is 18.6 Å². The number of aromatic nitrogens is 1. The normalized spacial score (nSPS) is 9.40. The molecule has 0 bridgehead atoms.